The Morgan fingerprint density at radius 3 is 2.89 bits per heavy atom. The average Bonchev–Trinajstić information content (AvgIpc) is 2.87. The van der Waals surface area contributed by atoms with Crippen LogP contribution in [0.3, 0.4) is 0 Å². The molecule has 0 aliphatic carbocycles. The van der Waals surface area contributed by atoms with Gasteiger partial charge in [0.2, 0.25) is 0 Å². The van der Waals surface area contributed by atoms with Crippen molar-refractivity contribution < 1.29 is 9.15 Å². The summed E-state index contributed by atoms with van der Waals surface area (Å²) in [5.74, 6) is 0.745. The van der Waals surface area contributed by atoms with Crippen molar-refractivity contribution in [2.45, 2.75) is 19.8 Å². The van der Waals surface area contributed by atoms with Crippen LogP contribution in [-0.2, 0) is 4.74 Å². The first-order chi connectivity index (χ1) is 9.22. The van der Waals surface area contributed by atoms with Crippen LogP contribution in [0.25, 0.3) is 5.70 Å². The number of hydrogen-bond acceptors (Lipinski definition) is 4. The van der Waals surface area contributed by atoms with E-state index in [1.165, 1.54) is 0 Å². The Labute approximate surface area is 122 Å². The van der Waals surface area contributed by atoms with Crippen LogP contribution in [0.15, 0.2) is 28.3 Å². The molecule has 2 heterocycles. The van der Waals surface area contributed by atoms with Gasteiger partial charge in [0.25, 0.3) is 0 Å². The maximum Gasteiger partial charge on any atom is 0.174 e. The Kier molecular flexibility index (Phi) is 5.22. The van der Waals surface area contributed by atoms with Gasteiger partial charge in [0.05, 0.1) is 29.8 Å². The van der Waals surface area contributed by atoms with Crippen molar-refractivity contribution in [2.75, 3.05) is 26.3 Å². The van der Waals surface area contributed by atoms with Crippen LogP contribution in [0.4, 0.5) is 5.69 Å². The van der Waals surface area contributed by atoms with Gasteiger partial charge in [-0.2, -0.15) is 0 Å². The van der Waals surface area contributed by atoms with Crippen molar-refractivity contribution in [1.29, 1.82) is 0 Å². The molecule has 0 spiro atoms. The molecule has 0 unspecified atom stereocenters. The van der Waals surface area contributed by atoms with Crippen LogP contribution in [-0.4, -0.2) is 35.8 Å². The molecule has 0 radical (unpaired) electrons. The van der Waals surface area contributed by atoms with Crippen LogP contribution < -0.4 is 0 Å². The van der Waals surface area contributed by atoms with E-state index in [0.717, 1.165) is 60.9 Å². The molecule has 1 aliphatic heterocycles. The van der Waals surface area contributed by atoms with Crippen molar-refractivity contribution in [1.82, 2.24) is 4.90 Å². The van der Waals surface area contributed by atoms with Crippen LogP contribution in [0.5, 0.6) is 0 Å². The highest BCUT2D eigenvalue weighted by atomic mass is 79.9. The maximum absolute atomic E-state index is 5.55. The largest absolute Gasteiger partial charge is 0.460 e. The van der Waals surface area contributed by atoms with E-state index in [4.69, 9.17) is 9.15 Å². The molecule has 0 saturated carbocycles. The number of furan rings is 1. The highest BCUT2D eigenvalue weighted by Crippen LogP contribution is 2.30. The number of morpholine rings is 1. The molecule has 1 aromatic rings. The third-order valence-electron chi connectivity index (χ3n) is 3.00. The predicted octanol–water partition coefficient (Wildman–Crippen LogP) is 3.81. The van der Waals surface area contributed by atoms with Crippen molar-refractivity contribution in [2.24, 2.45) is 4.99 Å². The highest BCUT2D eigenvalue weighted by Gasteiger charge is 2.18. The third kappa shape index (κ3) is 3.70. The number of nitrogens with zero attached hydrogens (tertiary/aromatic N) is 2. The minimum absolute atomic E-state index is 0.734. The fourth-order valence-corrected chi connectivity index (χ4v) is 2.56. The summed E-state index contributed by atoms with van der Waals surface area (Å²) >= 11 is 3.48. The third-order valence-corrected chi connectivity index (χ3v) is 3.57. The van der Waals surface area contributed by atoms with E-state index in [0.29, 0.717) is 0 Å². The van der Waals surface area contributed by atoms with E-state index in [2.05, 4.69) is 39.3 Å². The summed E-state index contributed by atoms with van der Waals surface area (Å²) in [6.07, 6.45) is 3.64. The van der Waals surface area contributed by atoms with Crippen molar-refractivity contribution in [3.05, 3.63) is 24.7 Å². The normalized spacial score (nSPS) is 16.7. The van der Waals surface area contributed by atoms with Gasteiger partial charge in [-0.05, 0) is 22.4 Å². The minimum Gasteiger partial charge on any atom is -0.460 e. The zero-order valence-corrected chi connectivity index (χ0v) is 12.8. The quantitative estimate of drug-likeness (QED) is 0.772. The summed E-state index contributed by atoms with van der Waals surface area (Å²) in [4.78, 5) is 6.72. The molecule has 0 amide bonds. The maximum atomic E-state index is 5.55. The standard InChI is InChI=1S/C14H19BrN2O2/c1-3-4-13(15)16-12-5-8-19-14(12)11(2)17-6-9-18-10-7-17/h5,8H,2-4,6-7,9-10H2,1H3/b16-13+. The Morgan fingerprint density at radius 1 is 1.47 bits per heavy atom. The van der Waals surface area contributed by atoms with E-state index in [1.807, 2.05) is 6.07 Å². The molecule has 19 heavy (non-hydrogen) atoms. The van der Waals surface area contributed by atoms with Gasteiger partial charge in [-0.15, -0.1) is 0 Å². The van der Waals surface area contributed by atoms with Crippen LogP contribution in [0.2, 0.25) is 0 Å². The van der Waals surface area contributed by atoms with Crippen LogP contribution >= 0.6 is 15.9 Å². The molecule has 1 aliphatic rings. The molecule has 2 rings (SSSR count). The van der Waals surface area contributed by atoms with Gasteiger partial charge in [-0.1, -0.05) is 19.9 Å². The molecule has 1 aromatic heterocycles. The zero-order chi connectivity index (χ0) is 13.7. The van der Waals surface area contributed by atoms with Gasteiger partial charge in [0, 0.05) is 19.2 Å². The second kappa shape index (κ2) is 6.91. The molecule has 0 aromatic carbocycles. The second-order valence-electron chi connectivity index (χ2n) is 4.42. The van der Waals surface area contributed by atoms with Crippen LogP contribution in [0, 0.1) is 0 Å². The lowest BCUT2D eigenvalue weighted by Crippen LogP contribution is -2.34. The van der Waals surface area contributed by atoms with E-state index in [-0.39, 0.29) is 0 Å². The van der Waals surface area contributed by atoms with Gasteiger partial charge < -0.3 is 14.1 Å². The van der Waals surface area contributed by atoms with E-state index in [9.17, 15) is 0 Å². The van der Waals surface area contributed by atoms with E-state index in [1.54, 1.807) is 6.26 Å². The Bertz CT molecular complexity index is 462. The Hall–Kier alpha value is -1.07. The van der Waals surface area contributed by atoms with E-state index < -0.39 is 0 Å². The molecule has 104 valence electrons. The van der Waals surface area contributed by atoms with Gasteiger partial charge >= 0.3 is 0 Å². The summed E-state index contributed by atoms with van der Waals surface area (Å²) < 4.78 is 11.8. The zero-order valence-electron chi connectivity index (χ0n) is 11.2. The number of aliphatic imine (C=N–C) groups is 1. The smallest absolute Gasteiger partial charge is 0.174 e. The Morgan fingerprint density at radius 2 is 2.21 bits per heavy atom. The van der Waals surface area contributed by atoms with Crippen molar-refractivity contribution in [3.63, 3.8) is 0 Å². The molecule has 5 heteroatoms. The summed E-state index contributed by atoms with van der Waals surface area (Å²) in [7, 11) is 0. The molecular weight excluding hydrogens is 308 g/mol. The molecule has 1 fully saturated rings. The molecule has 1 saturated heterocycles. The first-order valence-electron chi connectivity index (χ1n) is 6.55. The molecule has 4 nitrogen and oxygen atoms in total. The second-order valence-corrected chi connectivity index (χ2v) is 5.33. The number of halogens is 1. The Balaban J connectivity index is 2.14. The lowest BCUT2D eigenvalue weighted by atomic mass is 10.2. The topological polar surface area (TPSA) is 38.0 Å². The first kappa shape index (κ1) is 14.3. The van der Waals surface area contributed by atoms with Gasteiger partial charge in [-0.3, -0.25) is 0 Å². The van der Waals surface area contributed by atoms with Gasteiger partial charge in [0.15, 0.2) is 5.76 Å². The number of rotatable bonds is 5. The van der Waals surface area contributed by atoms with Crippen LogP contribution in [0.1, 0.15) is 25.5 Å². The SMILES string of the molecule is C=C(c1occc1/N=C(/Br)CCC)N1CCOCC1. The highest BCUT2D eigenvalue weighted by molar-refractivity contribution is 9.18. The lowest BCUT2D eigenvalue weighted by Gasteiger charge is -2.29. The molecule has 0 bridgehead atoms. The fourth-order valence-electron chi connectivity index (χ4n) is 1.98. The predicted molar refractivity (Wildman–Crippen MR) is 81.1 cm³/mol. The number of hydrogen-bond donors (Lipinski definition) is 0. The molecular formula is C14H19BrN2O2. The molecule has 0 atom stereocenters. The lowest BCUT2D eigenvalue weighted by molar-refractivity contribution is 0.0634. The molecule has 0 N–H and O–H groups in total. The van der Waals surface area contributed by atoms with Gasteiger partial charge in [0.1, 0.15) is 5.69 Å². The average molecular weight is 327 g/mol. The fraction of sp³-hybridized carbons (Fsp3) is 0.500. The van der Waals surface area contributed by atoms with Crippen molar-refractivity contribution in [3.8, 4) is 0 Å². The minimum atomic E-state index is 0.734. The van der Waals surface area contributed by atoms with Gasteiger partial charge in [-0.25, -0.2) is 4.99 Å². The van der Waals surface area contributed by atoms with Crippen molar-refractivity contribution >= 4 is 31.9 Å². The summed E-state index contributed by atoms with van der Waals surface area (Å²) in [5.41, 5.74) is 1.71. The summed E-state index contributed by atoms with van der Waals surface area (Å²) in [5, 5.41) is 0. The summed E-state index contributed by atoms with van der Waals surface area (Å²) in [6, 6.07) is 1.87. The van der Waals surface area contributed by atoms with E-state index >= 15 is 0 Å². The monoisotopic (exact) mass is 326 g/mol. The first-order valence-corrected chi connectivity index (χ1v) is 7.34. The summed E-state index contributed by atoms with van der Waals surface area (Å²) in [6.45, 7) is 9.41. The number of ether oxygens (including phenoxy) is 1.